The minimum atomic E-state index is -0.934. The van der Waals surface area contributed by atoms with Crippen LogP contribution >= 0.6 is 15.9 Å². The third kappa shape index (κ3) is 2.86. The van der Waals surface area contributed by atoms with Gasteiger partial charge in [0.15, 0.2) is 0 Å². The normalized spacial score (nSPS) is 9.80. The first-order valence-electron chi connectivity index (χ1n) is 4.22. The van der Waals surface area contributed by atoms with Crippen LogP contribution < -0.4 is 0 Å². The van der Waals surface area contributed by atoms with E-state index in [-0.39, 0.29) is 16.6 Å². The molecule has 0 bridgehead atoms. The quantitative estimate of drug-likeness (QED) is 0.483. The van der Waals surface area contributed by atoms with Crippen molar-refractivity contribution in [1.29, 1.82) is 0 Å². The summed E-state index contributed by atoms with van der Waals surface area (Å²) in [6.07, 6.45) is 0. The maximum atomic E-state index is 12.8. The lowest BCUT2D eigenvalue weighted by atomic mass is 10.1. The highest BCUT2D eigenvalue weighted by Crippen LogP contribution is 2.17. The summed E-state index contributed by atoms with van der Waals surface area (Å²) < 4.78 is 17.5. The molecule has 0 radical (unpaired) electrons. The summed E-state index contributed by atoms with van der Waals surface area (Å²) in [5.41, 5.74) is 0.0988. The van der Waals surface area contributed by atoms with Gasteiger partial charge in [-0.05, 0) is 41.1 Å². The molecule has 0 saturated heterocycles. The third-order valence-electron chi connectivity index (χ3n) is 1.64. The van der Waals surface area contributed by atoms with E-state index >= 15 is 0 Å². The number of hydrogen-bond acceptors (Lipinski definition) is 3. The Hall–Kier alpha value is -1.23. The van der Waals surface area contributed by atoms with E-state index in [0.717, 1.165) is 6.07 Å². The van der Waals surface area contributed by atoms with Crippen molar-refractivity contribution in [2.45, 2.75) is 6.92 Å². The second kappa shape index (κ2) is 5.02. The van der Waals surface area contributed by atoms with E-state index in [2.05, 4.69) is 20.7 Å². The minimum absolute atomic E-state index is 0.0988. The van der Waals surface area contributed by atoms with Crippen LogP contribution in [0.25, 0.3) is 0 Å². The van der Waals surface area contributed by atoms with Gasteiger partial charge in [-0.15, -0.1) is 0 Å². The average molecular weight is 275 g/mol. The van der Waals surface area contributed by atoms with E-state index in [1.54, 1.807) is 6.92 Å². The van der Waals surface area contributed by atoms with E-state index in [0.29, 0.717) is 0 Å². The molecule has 3 nitrogen and oxygen atoms in total. The number of benzene rings is 1. The van der Waals surface area contributed by atoms with E-state index in [1.807, 2.05) is 0 Å². The molecule has 5 heteroatoms. The molecule has 0 spiro atoms. The Labute approximate surface area is 94.4 Å². The van der Waals surface area contributed by atoms with Gasteiger partial charge in [0.2, 0.25) is 0 Å². The molecule has 0 heterocycles. The molecule has 0 saturated carbocycles. The molecule has 80 valence electrons. The van der Waals surface area contributed by atoms with Crippen molar-refractivity contribution >= 4 is 27.7 Å². The fourth-order valence-electron chi connectivity index (χ4n) is 0.952. The van der Waals surface area contributed by atoms with Crippen LogP contribution in [0.5, 0.6) is 0 Å². The van der Waals surface area contributed by atoms with Gasteiger partial charge in [0.1, 0.15) is 5.82 Å². The molecule has 0 fully saturated rings. The fourth-order valence-corrected chi connectivity index (χ4v) is 1.33. The third-order valence-corrected chi connectivity index (χ3v) is 2.25. The molecule has 15 heavy (non-hydrogen) atoms. The van der Waals surface area contributed by atoms with Gasteiger partial charge in [0.25, 0.3) is 5.78 Å². The molecule has 0 aliphatic rings. The standard InChI is InChI=1S/C10H8BrFO3/c1-2-15-10(14)9(13)6-3-4-8(12)7(11)5-6/h3-5H,2H2,1H3. The van der Waals surface area contributed by atoms with Crippen LogP contribution in [0, 0.1) is 5.82 Å². The Morgan fingerprint density at radius 1 is 1.47 bits per heavy atom. The molecule has 0 unspecified atom stereocenters. The first kappa shape index (κ1) is 11.8. The highest BCUT2D eigenvalue weighted by atomic mass is 79.9. The van der Waals surface area contributed by atoms with Gasteiger partial charge >= 0.3 is 5.97 Å². The zero-order valence-corrected chi connectivity index (χ0v) is 9.51. The van der Waals surface area contributed by atoms with Crippen molar-refractivity contribution in [3.63, 3.8) is 0 Å². The lowest BCUT2D eigenvalue weighted by molar-refractivity contribution is -0.137. The Bertz CT molecular complexity index is 404. The van der Waals surface area contributed by atoms with Crippen LogP contribution in [0.3, 0.4) is 0 Å². The average Bonchev–Trinajstić information content (AvgIpc) is 2.21. The molecule has 1 aromatic rings. The summed E-state index contributed by atoms with van der Waals surface area (Å²) in [4.78, 5) is 22.4. The molecule has 0 atom stereocenters. The Balaban J connectivity index is 2.92. The number of Topliss-reactive ketones (excluding diaryl/α,β-unsaturated/α-hetero) is 1. The molecular weight excluding hydrogens is 267 g/mol. The second-order valence-corrected chi connectivity index (χ2v) is 3.53. The molecule has 1 rings (SSSR count). The first-order valence-corrected chi connectivity index (χ1v) is 5.02. The Kier molecular flexibility index (Phi) is 3.96. The summed E-state index contributed by atoms with van der Waals surface area (Å²) in [6.45, 7) is 1.73. The smallest absolute Gasteiger partial charge is 0.379 e. The number of rotatable bonds is 3. The molecule has 0 amide bonds. The Morgan fingerprint density at radius 2 is 2.13 bits per heavy atom. The van der Waals surface area contributed by atoms with Gasteiger partial charge in [-0.2, -0.15) is 0 Å². The number of ether oxygens (including phenoxy) is 1. The topological polar surface area (TPSA) is 43.4 Å². The highest BCUT2D eigenvalue weighted by Gasteiger charge is 2.18. The molecule has 0 aliphatic carbocycles. The van der Waals surface area contributed by atoms with Gasteiger partial charge in [0, 0.05) is 5.56 Å². The summed E-state index contributed by atoms with van der Waals surface area (Å²) in [6, 6.07) is 3.59. The maximum absolute atomic E-state index is 12.8. The Morgan fingerprint density at radius 3 is 2.67 bits per heavy atom. The van der Waals surface area contributed by atoms with Crippen LogP contribution in [0.2, 0.25) is 0 Å². The summed E-state index contributed by atoms with van der Waals surface area (Å²) >= 11 is 2.92. The lowest BCUT2D eigenvalue weighted by Crippen LogP contribution is -2.17. The van der Waals surface area contributed by atoms with E-state index < -0.39 is 17.6 Å². The van der Waals surface area contributed by atoms with Crippen molar-refractivity contribution in [2.75, 3.05) is 6.61 Å². The number of carbonyl (C=O) groups is 2. The van der Waals surface area contributed by atoms with Crippen molar-refractivity contribution in [3.8, 4) is 0 Å². The van der Waals surface area contributed by atoms with Crippen LogP contribution in [-0.2, 0) is 9.53 Å². The number of carbonyl (C=O) groups excluding carboxylic acids is 2. The van der Waals surface area contributed by atoms with E-state index in [9.17, 15) is 14.0 Å². The van der Waals surface area contributed by atoms with Gasteiger partial charge in [-0.1, -0.05) is 0 Å². The lowest BCUT2D eigenvalue weighted by Gasteiger charge is -2.01. The van der Waals surface area contributed by atoms with E-state index in [4.69, 9.17) is 0 Å². The number of halogens is 2. The molecule has 0 aliphatic heterocycles. The largest absolute Gasteiger partial charge is 0.460 e. The fraction of sp³-hybridized carbons (Fsp3) is 0.200. The molecule has 1 aromatic carbocycles. The monoisotopic (exact) mass is 274 g/mol. The van der Waals surface area contributed by atoms with Gasteiger partial charge in [0.05, 0.1) is 11.1 Å². The second-order valence-electron chi connectivity index (χ2n) is 2.68. The first-order chi connectivity index (χ1) is 7.06. The van der Waals surface area contributed by atoms with Gasteiger partial charge in [-0.3, -0.25) is 4.79 Å². The number of ketones is 1. The van der Waals surface area contributed by atoms with Crippen molar-refractivity contribution in [2.24, 2.45) is 0 Å². The molecular formula is C10H8BrFO3. The molecule has 0 N–H and O–H groups in total. The predicted molar refractivity (Wildman–Crippen MR) is 55.1 cm³/mol. The van der Waals surface area contributed by atoms with Crippen molar-refractivity contribution in [3.05, 3.63) is 34.1 Å². The summed E-state index contributed by atoms with van der Waals surface area (Å²) in [5.74, 6) is -2.20. The van der Waals surface area contributed by atoms with E-state index in [1.165, 1.54) is 12.1 Å². The van der Waals surface area contributed by atoms with Crippen LogP contribution in [-0.4, -0.2) is 18.4 Å². The van der Waals surface area contributed by atoms with Gasteiger partial charge in [-0.25, -0.2) is 9.18 Å². The zero-order chi connectivity index (χ0) is 11.4. The van der Waals surface area contributed by atoms with Crippen LogP contribution in [0.4, 0.5) is 4.39 Å². The maximum Gasteiger partial charge on any atom is 0.379 e. The van der Waals surface area contributed by atoms with Crippen molar-refractivity contribution in [1.82, 2.24) is 0 Å². The highest BCUT2D eigenvalue weighted by molar-refractivity contribution is 9.10. The predicted octanol–water partition coefficient (Wildman–Crippen LogP) is 2.33. The SMILES string of the molecule is CCOC(=O)C(=O)c1ccc(F)c(Br)c1. The summed E-state index contributed by atoms with van der Waals surface area (Å²) in [5, 5.41) is 0. The van der Waals surface area contributed by atoms with Gasteiger partial charge < -0.3 is 4.74 Å². The number of esters is 1. The van der Waals surface area contributed by atoms with Crippen LogP contribution in [0.15, 0.2) is 22.7 Å². The number of hydrogen-bond donors (Lipinski definition) is 0. The molecule has 0 aromatic heterocycles. The van der Waals surface area contributed by atoms with Crippen molar-refractivity contribution < 1.29 is 18.7 Å². The minimum Gasteiger partial charge on any atom is -0.460 e. The van der Waals surface area contributed by atoms with Crippen LogP contribution in [0.1, 0.15) is 17.3 Å². The summed E-state index contributed by atoms with van der Waals surface area (Å²) in [7, 11) is 0. The zero-order valence-electron chi connectivity index (χ0n) is 7.92.